The number of aliphatic hydroxyl groups is 3. The summed E-state index contributed by atoms with van der Waals surface area (Å²) in [6.45, 7) is 11.9. The lowest BCUT2D eigenvalue weighted by Gasteiger charge is -2.41. The van der Waals surface area contributed by atoms with E-state index in [1.54, 1.807) is 0 Å². The molecule has 0 aromatic carbocycles. The average Bonchev–Trinajstić information content (AvgIpc) is 3.11. The van der Waals surface area contributed by atoms with E-state index >= 15 is 0 Å². The van der Waals surface area contributed by atoms with Gasteiger partial charge in [0.15, 0.2) is 0 Å². The SMILES string of the molecule is CC1=C(/C=C\C2=CCC[C@@]3(C)C2CC[C@@H]3CCCCC(C)(C)C)C[C@@H](O)C(OCCCO)[C@@H]1O. The van der Waals surface area contributed by atoms with Crippen LogP contribution in [0.5, 0.6) is 0 Å². The van der Waals surface area contributed by atoms with Crippen molar-refractivity contribution in [3.8, 4) is 0 Å². The molecular weight excluding hydrogens is 424 g/mol. The van der Waals surface area contributed by atoms with Gasteiger partial charge in [-0.15, -0.1) is 0 Å². The van der Waals surface area contributed by atoms with E-state index in [0.29, 0.717) is 36.2 Å². The van der Waals surface area contributed by atoms with E-state index in [1.807, 2.05) is 6.92 Å². The molecule has 3 aliphatic rings. The molecule has 194 valence electrons. The largest absolute Gasteiger partial charge is 0.396 e. The Bertz CT molecular complexity index is 758. The van der Waals surface area contributed by atoms with E-state index in [1.165, 1.54) is 50.5 Å². The molecule has 0 aromatic heterocycles. The third-order valence-electron chi connectivity index (χ3n) is 8.89. The number of hydrogen-bond acceptors (Lipinski definition) is 4. The number of rotatable bonds is 10. The van der Waals surface area contributed by atoms with Crippen LogP contribution in [0.4, 0.5) is 0 Å². The van der Waals surface area contributed by atoms with Crippen LogP contribution in [0.25, 0.3) is 0 Å². The maximum absolute atomic E-state index is 10.7. The van der Waals surface area contributed by atoms with Gasteiger partial charge in [-0.05, 0) is 91.3 Å². The predicted octanol–water partition coefficient (Wildman–Crippen LogP) is 6.11. The molecule has 0 saturated heterocycles. The van der Waals surface area contributed by atoms with Crippen LogP contribution < -0.4 is 0 Å². The fourth-order valence-electron chi connectivity index (χ4n) is 6.67. The molecule has 1 fully saturated rings. The van der Waals surface area contributed by atoms with Gasteiger partial charge in [0.25, 0.3) is 0 Å². The molecule has 3 N–H and O–H groups in total. The first-order valence-corrected chi connectivity index (χ1v) is 13.7. The smallest absolute Gasteiger partial charge is 0.113 e. The zero-order chi connectivity index (χ0) is 24.9. The number of allylic oxidation sites excluding steroid dienone is 4. The fraction of sp³-hybridized carbons (Fsp3) is 0.800. The highest BCUT2D eigenvalue weighted by Crippen LogP contribution is 2.57. The predicted molar refractivity (Wildman–Crippen MR) is 139 cm³/mol. The Balaban J connectivity index is 1.63. The van der Waals surface area contributed by atoms with Crippen LogP contribution >= 0.6 is 0 Å². The van der Waals surface area contributed by atoms with E-state index in [0.717, 1.165) is 23.5 Å². The summed E-state index contributed by atoms with van der Waals surface area (Å²) in [6.07, 6.45) is 16.1. The van der Waals surface area contributed by atoms with Crippen molar-refractivity contribution >= 4 is 0 Å². The topological polar surface area (TPSA) is 69.9 Å². The molecule has 0 spiro atoms. The van der Waals surface area contributed by atoms with Crippen molar-refractivity contribution in [1.29, 1.82) is 0 Å². The van der Waals surface area contributed by atoms with Crippen molar-refractivity contribution in [2.45, 2.75) is 117 Å². The van der Waals surface area contributed by atoms with Crippen LogP contribution in [0.2, 0.25) is 0 Å². The Morgan fingerprint density at radius 2 is 1.88 bits per heavy atom. The minimum atomic E-state index is -0.809. The van der Waals surface area contributed by atoms with Gasteiger partial charge in [-0.1, -0.05) is 58.8 Å². The van der Waals surface area contributed by atoms with Gasteiger partial charge in [-0.2, -0.15) is 0 Å². The summed E-state index contributed by atoms with van der Waals surface area (Å²) < 4.78 is 5.67. The molecule has 0 bridgehead atoms. The van der Waals surface area contributed by atoms with Crippen LogP contribution in [0.15, 0.2) is 34.9 Å². The van der Waals surface area contributed by atoms with Crippen molar-refractivity contribution in [3.05, 3.63) is 34.9 Å². The van der Waals surface area contributed by atoms with E-state index in [-0.39, 0.29) is 6.61 Å². The van der Waals surface area contributed by atoms with Gasteiger partial charge in [0, 0.05) is 19.6 Å². The van der Waals surface area contributed by atoms with Crippen molar-refractivity contribution in [1.82, 2.24) is 0 Å². The van der Waals surface area contributed by atoms with Gasteiger partial charge in [-0.25, -0.2) is 0 Å². The number of fused-ring (bicyclic) bond motifs is 1. The van der Waals surface area contributed by atoms with Crippen LogP contribution in [-0.2, 0) is 4.74 Å². The first-order chi connectivity index (χ1) is 16.1. The fourth-order valence-corrected chi connectivity index (χ4v) is 6.67. The second-order valence-corrected chi connectivity index (χ2v) is 12.6. The lowest BCUT2D eigenvalue weighted by molar-refractivity contribution is -0.0958. The normalized spacial score (nSPS) is 34.6. The highest BCUT2D eigenvalue weighted by Gasteiger charge is 2.47. The monoisotopic (exact) mass is 474 g/mol. The zero-order valence-electron chi connectivity index (χ0n) is 22.4. The summed E-state index contributed by atoms with van der Waals surface area (Å²) >= 11 is 0. The van der Waals surface area contributed by atoms with Crippen molar-refractivity contribution in [2.24, 2.45) is 22.7 Å². The summed E-state index contributed by atoms with van der Waals surface area (Å²) in [4.78, 5) is 0. The van der Waals surface area contributed by atoms with Gasteiger partial charge in [0.2, 0.25) is 0 Å². The third kappa shape index (κ3) is 6.63. The highest BCUT2D eigenvalue weighted by atomic mass is 16.5. The van der Waals surface area contributed by atoms with E-state index in [4.69, 9.17) is 9.84 Å². The van der Waals surface area contributed by atoms with E-state index in [9.17, 15) is 10.2 Å². The second kappa shape index (κ2) is 11.9. The maximum atomic E-state index is 10.7. The van der Waals surface area contributed by atoms with Crippen LogP contribution in [0.1, 0.15) is 98.8 Å². The summed E-state index contributed by atoms with van der Waals surface area (Å²) in [7, 11) is 0. The Morgan fingerprint density at radius 1 is 1.12 bits per heavy atom. The van der Waals surface area contributed by atoms with Crippen molar-refractivity contribution < 1.29 is 20.1 Å². The Labute approximate surface area is 208 Å². The van der Waals surface area contributed by atoms with E-state index < -0.39 is 18.3 Å². The standard InChI is InChI=1S/C30H50O4/c1-21-23(20-26(32)28(27(21)33)34-19-9-18-31)13-12-22-10-8-17-30(5)24(14-15-25(22)30)11-6-7-16-29(2,3)4/h10,12-13,24-28,31-33H,6-9,11,14-20H2,1-5H3/b13-12-/t24-,25?,26+,27+,28?,30+/m0/s1. The van der Waals surface area contributed by atoms with Gasteiger partial charge in [-0.3, -0.25) is 0 Å². The van der Waals surface area contributed by atoms with Gasteiger partial charge in [0.05, 0.1) is 6.10 Å². The molecule has 4 nitrogen and oxygen atoms in total. The lowest BCUT2D eigenvalue weighted by Crippen LogP contribution is -2.44. The molecule has 34 heavy (non-hydrogen) atoms. The minimum absolute atomic E-state index is 0.0503. The lowest BCUT2D eigenvalue weighted by atomic mass is 9.64. The first-order valence-electron chi connectivity index (χ1n) is 13.7. The molecule has 6 atom stereocenters. The number of aliphatic hydroxyl groups excluding tert-OH is 3. The van der Waals surface area contributed by atoms with E-state index in [2.05, 4.69) is 45.9 Å². The van der Waals surface area contributed by atoms with Crippen molar-refractivity contribution in [3.63, 3.8) is 0 Å². The molecule has 0 amide bonds. The average molecular weight is 475 g/mol. The number of ether oxygens (including phenoxy) is 1. The molecule has 4 heteroatoms. The van der Waals surface area contributed by atoms with Gasteiger partial charge in [0.1, 0.15) is 12.2 Å². The highest BCUT2D eigenvalue weighted by molar-refractivity contribution is 5.38. The zero-order valence-corrected chi connectivity index (χ0v) is 22.4. The number of hydrogen-bond donors (Lipinski definition) is 3. The summed E-state index contributed by atoms with van der Waals surface area (Å²) in [6, 6.07) is 0. The van der Waals surface area contributed by atoms with Crippen LogP contribution in [-0.4, -0.2) is 46.8 Å². The summed E-state index contributed by atoms with van der Waals surface area (Å²) in [5.41, 5.74) is 4.20. The molecule has 0 aliphatic heterocycles. The van der Waals surface area contributed by atoms with Crippen LogP contribution in [0.3, 0.4) is 0 Å². The summed E-state index contributed by atoms with van der Waals surface area (Å²) in [5.74, 6) is 1.45. The molecule has 1 saturated carbocycles. The molecular formula is C30H50O4. The first kappa shape index (κ1) is 27.6. The Morgan fingerprint density at radius 3 is 2.59 bits per heavy atom. The Kier molecular flexibility index (Phi) is 9.65. The molecule has 0 aromatic rings. The Hall–Kier alpha value is -0.940. The minimum Gasteiger partial charge on any atom is -0.396 e. The third-order valence-corrected chi connectivity index (χ3v) is 8.89. The van der Waals surface area contributed by atoms with Crippen molar-refractivity contribution in [2.75, 3.05) is 13.2 Å². The molecule has 2 unspecified atom stereocenters. The van der Waals surface area contributed by atoms with Gasteiger partial charge < -0.3 is 20.1 Å². The molecule has 3 aliphatic carbocycles. The maximum Gasteiger partial charge on any atom is 0.113 e. The molecule has 3 rings (SSSR count). The number of unbranched alkanes of at least 4 members (excludes halogenated alkanes) is 1. The molecule has 0 heterocycles. The second-order valence-electron chi connectivity index (χ2n) is 12.6. The van der Waals surface area contributed by atoms with Gasteiger partial charge >= 0.3 is 0 Å². The van der Waals surface area contributed by atoms with Crippen LogP contribution in [0, 0.1) is 22.7 Å². The molecule has 0 radical (unpaired) electrons. The summed E-state index contributed by atoms with van der Waals surface area (Å²) in [5, 5.41) is 30.3. The quantitative estimate of drug-likeness (QED) is 0.334.